The number of hydrogen-bond acceptors (Lipinski definition) is 2. The number of thioether (sulfide) groups is 1. The molecule has 1 fully saturated rings. The van der Waals surface area contributed by atoms with E-state index in [0.29, 0.717) is 5.56 Å². The summed E-state index contributed by atoms with van der Waals surface area (Å²) >= 11 is 1.94. The molecule has 0 aliphatic carbocycles. The topological polar surface area (TPSA) is 27.6 Å². The van der Waals surface area contributed by atoms with E-state index < -0.39 is 11.6 Å². The highest BCUT2D eigenvalue weighted by atomic mass is 127. The van der Waals surface area contributed by atoms with Crippen LogP contribution in [-0.2, 0) is 6.54 Å². The summed E-state index contributed by atoms with van der Waals surface area (Å²) in [4.78, 5) is 6.41. The number of hydrogen-bond donors (Lipinski definition) is 1. The van der Waals surface area contributed by atoms with Crippen LogP contribution in [0, 0.1) is 11.6 Å². The molecular formula is C15H22F2IN3S. The smallest absolute Gasteiger partial charge is 0.193 e. The van der Waals surface area contributed by atoms with Crippen molar-refractivity contribution in [2.24, 2.45) is 4.99 Å². The summed E-state index contributed by atoms with van der Waals surface area (Å²) in [5.74, 6) is 0.918. The first-order valence-electron chi connectivity index (χ1n) is 6.95. The van der Waals surface area contributed by atoms with Crippen molar-refractivity contribution in [3.63, 3.8) is 0 Å². The molecule has 3 nitrogen and oxygen atoms in total. The number of guanidine groups is 1. The van der Waals surface area contributed by atoms with Crippen LogP contribution < -0.4 is 5.32 Å². The van der Waals surface area contributed by atoms with E-state index in [4.69, 9.17) is 0 Å². The van der Waals surface area contributed by atoms with Crippen LogP contribution in [0.15, 0.2) is 23.2 Å². The van der Waals surface area contributed by atoms with Crippen LogP contribution in [0.25, 0.3) is 0 Å². The third kappa shape index (κ3) is 5.26. The maximum Gasteiger partial charge on any atom is 0.193 e. The van der Waals surface area contributed by atoms with Crippen LogP contribution in [0.5, 0.6) is 0 Å². The summed E-state index contributed by atoms with van der Waals surface area (Å²) in [6.45, 7) is 6.40. The van der Waals surface area contributed by atoms with Gasteiger partial charge in [0.25, 0.3) is 0 Å². The van der Waals surface area contributed by atoms with Gasteiger partial charge in [-0.05, 0) is 32.0 Å². The highest BCUT2D eigenvalue weighted by molar-refractivity contribution is 14.0. The molecular weight excluding hydrogens is 419 g/mol. The van der Waals surface area contributed by atoms with Crippen molar-refractivity contribution in [3.05, 3.63) is 35.4 Å². The van der Waals surface area contributed by atoms with Gasteiger partial charge in [-0.2, -0.15) is 11.8 Å². The minimum atomic E-state index is -0.432. The van der Waals surface area contributed by atoms with Gasteiger partial charge < -0.3 is 10.2 Å². The van der Waals surface area contributed by atoms with Gasteiger partial charge in [0.15, 0.2) is 5.96 Å². The van der Waals surface area contributed by atoms with Crippen molar-refractivity contribution in [1.29, 1.82) is 0 Å². The lowest BCUT2D eigenvalue weighted by atomic mass is 10.2. The standard InChI is InChI=1S/C15H21F2N3S.HI/c1-15(2)10-20(6-7-21-15)14(18-3)19-9-11-8-12(16)4-5-13(11)17;/h4-5,8H,6-7,9-10H2,1-3H3,(H,18,19);1H. The van der Waals surface area contributed by atoms with Gasteiger partial charge in [-0.25, -0.2) is 8.78 Å². The van der Waals surface area contributed by atoms with E-state index in [0.717, 1.165) is 36.9 Å². The molecule has 0 bridgehead atoms. The molecule has 1 saturated heterocycles. The zero-order valence-corrected chi connectivity index (χ0v) is 16.2. The maximum absolute atomic E-state index is 13.6. The lowest BCUT2D eigenvalue weighted by Gasteiger charge is -2.39. The predicted octanol–water partition coefficient (Wildman–Crippen LogP) is 3.49. The average molecular weight is 441 g/mol. The van der Waals surface area contributed by atoms with Gasteiger partial charge in [-0.1, -0.05) is 0 Å². The average Bonchev–Trinajstić information content (AvgIpc) is 2.42. The SMILES string of the molecule is CN=C(NCc1cc(F)ccc1F)N1CCSC(C)(C)C1.I. The zero-order valence-electron chi connectivity index (χ0n) is 13.0. The van der Waals surface area contributed by atoms with Crippen LogP contribution in [0.4, 0.5) is 8.78 Å². The lowest BCUT2D eigenvalue weighted by molar-refractivity contribution is 0.375. The molecule has 0 radical (unpaired) electrons. The van der Waals surface area contributed by atoms with Crippen LogP contribution in [-0.4, -0.2) is 41.5 Å². The second-order valence-electron chi connectivity index (χ2n) is 5.67. The molecule has 1 N–H and O–H groups in total. The Kier molecular flexibility index (Phi) is 7.37. The molecule has 0 atom stereocenters. The molecule has 0 aromatic heterocycles. The van der Waals surface area contributed by atoms with Gasteiger partial charge in [0.05, 0.1) is 0 Å². The fourth-order valence-electron chi connectivity index (χ4n) is 2.38. The molecule has 1 aliphatic heterocycles. The molecule has 0 amide bonds. The van der Waals surface area contributed by atoms with Gasteiger partial charge in [0.1, 0.15) is 11.6 Å². The van der Waals surface area contributed by atoms with Crippen molar-refractivity contribution in [1.82, 2.24) is 10.2 Å². The second kappa shape index (κ2) is 8.33. The first kappa shape index (κ1) is 19.5. The molecule has 124 valence electrons. The first-order valence-corrected chi connectivity index (χ1v) is 7.93. The summed E-state index contributed by atoms with van der Waals surface area (Å²) in [7, 11) is 1.71. The monoisotopic (exact) mass is 441 g/mol. The van der Waals surface area contributed by atoms with Crippen molar-refractivity contribution in [2.75, 3.05) is 25.9 Å². The van der Waals surface area contributed by atoms with Gasteiger partial charge in [0.2, 0.25) is 0 Å². The number of nitrogens with zero attached hydrogens (tertiary/aromatic N) is 2. The number of nitrogens with one attached hydrogen (secondary N) is 1. The van der Waals surface area contributed by atoms with E-state index in [1.165, 1.54) is 6.07 Å². The minimum absolute atomic E-state index is 0. The van der Waals surface area contributed by atoms with Crippen LogP contribution in [0.1, 0.15) is 19.4 Å². The third-order valence-corrected chi connectivity index (χ3v) is 4.68. The summed E-state index contributed by atoms with van der Waals surface area (Å²) < 4.78 is 27.0. The Morgan fingerprint density at radius 1 is 1.41 bits per heavy atom. The molecule has 1 heterocycles. The Bertz CT molecular complexity index is 538. The fraction of sp³-hybridized carbons (Fsp3) is 0.533. The van der Waals surface area contributed by atoms with E-state index in [9.17, 15) is 8.78 Å². The molecule has 0 unspecified atom stereocenters. The van der Waals surface area contributed by atoms with E-state index in [1.807, 2.05) is 11.8 Å². The first-order chi connectivity index (χ1) is 9.91. The van der Waals surface area contributed by atoms with Gasteiger partial charge >= 0.3 is 0 Å². The molecule has 1 aliphatic rings. The molecule has 2 rings (SSSR count). The van der Waals surface area contributed by atoms with Crippen LogP contribution in [0.2, 0.25) is 0 Å². The second-order valence-corrected chi connectivity index (χ2v) is 7.47. The lowest BCUT2D eigenvalue weighted by Crippen LogP contribution is -2.50. The van der Waals surface area contributed by atoms with E-state index >= 15 is 0 Å². The van der Waals surface area contributed by atoms with Crippen LogP contribution >= 0.6 is 35.7 Å². The van der Waals surface area contributed by atoms with E-state index in [-0.39, 0.29) is 35.3 Å². The maximum atomic E-state index is 13.6. The number of aliphatic imine (C=N–C) groups is 1. The normalized spacial score (nSPS) is 17.9. The number of halogens is 3. The van der Waals surface area contributed by atoms with Crippen LogP contribution in [0.3, 0.4) is 0 Å². The molecule has 1 aromatic carbocycles. The summed E-state index contributed by atoms with van der Waals surface area (Å²) in [5.41, 5.74) is 0.307. The van der Waals surface area contributed by atoms with Gasteiger partial charge in [0, 0.05) is 42.7 Å². The molecule has 7 heteroatoms. The Balaban J connectivity index is 0.00000242. The predicted molar refractivity (Wildman–Crippen MR) is 100 cm³/mol. The zero-order chi connectivity index (χ0) is 15.5. The highest BCUT2D eigenvalue weighted by Gasteiger charge is 2.28. The van der Waals surface area contributed by atoms with Crippen molar-refractivity contribution in [3.8, 4) is 0 Å². The third-order valence-electron chi connectivity index (χ3n) is 3.38. The summed E-state index contributed by atoms with van der Waals surface area (Å²) in [5, 5.41) is 3.12. The fourth-order valence-corrected chi connectivity index (χ4v) is 3.49. The summed E-state index contributed by atoms with van der Waals surface area (Å²) in [6, 6.07) is 3.49. The van der Waals surface area contributed by atoms with Gasteiger partial charge in [-0.15, -0.1) is 24.0 Å². The number of benzene rings is 1. The van der Waals surface area contributed by atoms with Crippen molar-refractivity contribution in [2.45, 2.75) is 25.1 Å². The van der Waals surface area contributed by atoms with Gasteiger partial charge in [-0.3, -0.25) is 4.99 Å². The summed E-state index contributed by atoms with van der Waals surface area (Å²) in [6.07, 6.45) is 0. The van der Waals surface area contributed by atoms with Crippen molar-refractivity contribution >= 4 is 41.7 Å². The Labute approximate surface area is 152 Å². The molecule has 22 heavy (non-hydrogen) atoms. The van der Waals surface area contributed by atoms with E-state index in [2.05, 4.69) is 29.1 Å². The minimum Gasteiger partial charge on any atom is -0.352 e. The Morgan fingerprint density at radius 2 is 2.14 bits per heavy atom. The highest BCUT2D eigenvalue weighted by Crippen LogP contribution is 2.29. The molecule has 0 saturated carbocycles. The Morgan fingerprint density at radius 3 is 2.77 bits per heavy atom. The largest absolute Gasteiger partial charge is 0.352 e. The Hall–Kier alpha value is -0.570. The number of rotatable bonds is 2. The molecule has 1 aromatic rings. The quantitative estimate of drug-likeness (QED) is 0.433. The molecule has 0 spiro atoms. The van der Waals surface area contributed by atoms with Crippen molar-refractivity contribution < 1.29 is 8.78 Å². The van der Waals surface area contributed by atoms with E-state index in [1.54, 1.807) is 7.05 Å².